The molecular formula is C13H16OS. The minimum atomic E-state index is 0.404. The van der Waals surface area contributed by atoms with E-state index in [9.17, 15) is 4.79 Å². The molecule has 1 aromatic rings. The molecule has 2 heteroatoms. The predicted molar refractivity (Wildman–Crippen MR) is 65.5 cm³/mol. The number of hydrogen-bond acceptors (Lipinski definition) is 2. The average Bonchev–Trinajstić information content (AvgIpc) is 2.23. The van der Waals surface area contributed by atoms with Crippen molar-refractivity contribution < 1.29 is 4.79 Å². The normalized spacial score (nSPS) is 18.1. The molecular weight excluding hydrogens is 204 g/mol. The van der Waals surface area contributed by atoms with Crippen molar-refractivity contribution in [2.45, 2.75) is 25.7 Å². The fraction of sp³-hybridized carbons (Fsp3) is 0.462. The highest BCUT2D eigenvalue weighted by molar-refractivity contribution is 7.99. The van der Waals surface area contributed by atoms with Crippen LogP contribution in [0.1, 0.15) is 30.4 Å². The zero-order valence-corrected chi connectivity index (χ0v) is 9.85. The van der Waals surface area contributed by atoms with Crippen LogP contribution in [0.4, 0.5) is 0 Å². The molecule has 1 aliphatic rings. The summed E-state index contributed by atoms with van der Waals surface area (Å²) in [6.07, 6.45) is 1.84. The maximum absolute atomic E-state index is 11.6. The van der Waals surface area contributed by atoms with Crippen LogP contribution < -0.4 is 0 Å². The van der Waals surface area contributed by atoms with E-state index in [4.69, 9.17) is 0 Å². The molecule has 1 unspecified atom stereocenters. The molecule has 1 aromatic carbocycles. The molecule has 80 valence electrons. The first-order valence-electron chi connectivity index (χ1n) is 5.48. The van der Waals surface area contributed by atoms with Gasteiger partial charge in [-0.1, -0.05) is 31.2 Å². The predicted octanol–water partition coefficient (Wildman–Crippen LogP) is 3.04. The van der Waals surface area contributed by atoms with Gasteiger partial charge >= 0.3 is 0 Å². The van der Waals surface area contributed by atoms with Crippen LogP contribution in [0.3, 0.4) is 0 Å². The van der Waals surface area contributed by atoms with Gasteiger partial charge in [-0.25, -0.2) is 0 Å². The Morgan fingerprint density at radius 3 is 3.00 bits per heavy atom. The molecule has 0 spiro atoms. The number of carbonyl (C=O) groups excluding carboxylic acids is 1. The van der Waals surface area contributed by atoms with Gasteiger partial charge < -0.3 is 0 Å². The van der Waals surface area contributed by atoms with Crippen LogP contribution in [0.25, 0.3) is 0 Å². The Balaban J connectivity index is 1.87. The number of Topliss-reactive ketones (excluding diaryl/α,β-unsaturated/α-hetero) is 1. The van der Waals surface area contributed by atoms with E-state index in [1.54, 1.807) is 11.8 Å². The van der Waals surface area contributed by atoms with Gasteiger partial charge in [-0.05, 0) is 29.2 Å². The third kappa shape index (κ3) is 2.43. The molecule has 1 atom stereocenters. The Morgan fingerprint density at radius 1 is 1.47 bits per heavy atom. The number of hydrogen-bond donors (Lipinski definition) is 0. The second kappa shape index (κ2) is 4.84. The summed E-state index contributed by atoms with van der Waals surface area (Å²) in [4.78, 5) is 11.6. The Hall–Kier alpha value is -0.760. The fourth-order valence-electron chi connectivity index (χ4n) is 2.09. The average molecular weight is 220 g/mol. The fourth-order valence-corrected chi connectivity index (χ4v) is 2.64. The van der Waals surface area contributed by atoms with Gasteiger partial charge in [-0.15, -0.1) is 0 Å². The summed E-state index contributed by atoms with van der Waals surface area (Å²) in [6, 6.07) is 8.46. The second-order valence-electron chi connectivity index (χ2n) is 3.98. The third-order valence-corrected chi connectivity index (χ3v) is 3.84. The number of carbonyl (C=O) groups is 1. The summed E-state index contributed by atoms with van der Waals surface area (Å²) in [6.45, 7) is 2.09. The van der Waals surface area contributed by atoms with Crippen LogP contribution in [-0.4, -0.2) is 17.3 Å². The maximum Gasteiger partial charge on any atom is 0.143 e. The van der Waals surface area contributed by atoms with E-state index >= 15 is 0 Å². The van der Waals surface area contributed by atoms with Crippen LogP contribution in [-0.2, 0) is 11.2 Å². The van der Waals surface area contributed by atoms with Gasteiger partial charge in [0.1, 0.15) is 5.78 Å². The van der Waals surface area contributed by atoms with Gasteiger partial charge in [0.2, 0.25) is 0 Å². The largest absolute Gasteiger partial charge is 0.299 e. The lowest BCUT2D eigenvalue weighted by atomic mass is 9.75. The molecule has 0 saturated carbocycles. The number of thioether (sulfide) groups is 1. The quantitative estimate of drug-likeness (QED) is 0.758. The highest BCUT2D eigenvalue weighted by atomic mass is 32.2. The van der Waals surface area contributed by atoms with Gasteiger partial charge in [0.15, 0.2) is 0 Å². The van der Waals surface area contributed by atoms with Gasteiger partial charge in [-0.3, -0.25) is 4.79 Å². The topological polar surface area (TPSA) is 17.1 Å². The summed E-state index contributed by atoms with van der Waals surface area (Å²) in [7, 11) is 0. The van der Waals surface area contributed by atoms with Crippen molar-refractivity contribution in [3.63, 3.8) is 0 Å². The van der Waals surface area contributed by atoms with Gasteiger partial charge in [0.05, 0.1) is 5.75 Å². The van der Waals surface area contributed by atoms with Crippen molar-refractivity contribution in [1.82, 2.24) is 0 Å². The summed E-state index contributed by atoms with van der Waals surface area (Å²) in [5, 5.41) is 0. The number of benzene rings is 1. The van der Waals surface area contributed by atoms with Crippen LogP contribution in [0.15, 0.2) is 24.3 Å². The van der Waals surface area contributed by atoms with Crippen LogP contribution >= 0.6 is 11.8 Å². The number of rotatable bonds is 5. The van der Waals surface area contributed by atoms with E-state index in [0.29, 0.717) is 17.5 Å². The van der Waals surface area contributed by atoms with Crippen LogP contribution in [0.2, 0.25) is 0 Å². The van der Waals surface area contributed by atoms with Crippen molar-refractivity contribution in [3.8, 4) is 0 Å². The van der Waals surface area contributed by atoms with Gasteiger partial charge in [0.25, 0.3) is 0 Å². The van der Waals surface area contributed by atoms with E-state index in [2.05, 4.69) is 31.2 Å². The molecule has 0 N–H and O–H groups in total. The summed E-state index contributed by atoms with van der Waals surface area (Å²) >= 11 is 1.72. The zero-order valence-electron chi connectivity index (χ0n) is 9.03. The number of fused-ring (bicyclic) bond motifs is 1. The molecule has 1 nitrogen and oxygen atoms in total. The van der Waals surface area contributed by atoms with E-state index < -0.39 is 0 Å². The first kappa shape index (κ1) is 10.7. The summed E-state index contributed by atoms with van der Waals surface area (Å²) in [5.74, 6) is 2.63. The van der Waals surface area contributed by atoms with Crippen molar-refractivity contribution in [2.24, 2.45) is 0 Å². The van der Waals surface area contributed by atoms with Crippen molar-refractivity contribution in [3.05, 3.63) is 35.4 Å². The summed E-state index contributed by atoms with van der Waals surface area (Å²) in [5.41, 5.74) is 2.82. The van der Waals surface area contributed by atoms with Crippen LogP contribution in [0.5, 0.6) is 0 Å². The van der Waals surface area contributed by atoms with E-state index in [1.165, 1.54) is 11.1 Å². The molecule has 15 heavy (non-hydrogen) atoms. The standard InChI is InChI=1S/C13H16OS/c1-2-15-9-12(14)8-11-7-10-5-3-4-6-13(10)11/h3-6,11H,2,7-9H2,1H3. The third-order valence-electron chi connectivity index (χ3n) is 2.90. The van der Waals surface area contributed by atoms with Crippen molar-refractivity contribution in [2.75, 3.05) is 11.5 Å². The van der Waals surface area contributed by atoms with Gasteiger partial charge in [0, 0.05) is 6.42 Å². The Bertz CT molecular complexity index is 359. The molecule has 0 radical (unpaired) electrons. The lowest BCUT2D eigenvalue weighted by molar-refractivity contribution is -0.117. The Morgan fingerprint density at radius 2 is 2.27 bits per heavy atom. The highest BCUT2D eigenvalue weighted by Crippen LogP contribution is 2.37. The zero-order chi connectivity index (χ0) is 10.7. The Labute approximate surface area is 95.3 Å². The molecule has 0 aromatic heterocycles. The van der Waals surface area contributed by atoms with Crippen molar-refractivity contribution >= 4 is 17.5 Å². The minimum absolute atomic E-state index is 0.404. The van der Waals surface area contributed by atoms with E-state index in [-0.39, 0.29) is 0 Å². The lowest BCUT2D eigenvalue weighted by Crippen LogP contribution is -2.20. The van der Waals surface area contributed by atoms with Crippen LogP contribution in [0, 0.1) is 0 Å². The van der Waals surface area contributed by atoms with E-state index in [0.717, 1.165) is 18.6 Å². The second-order valence-corrected chi connectivity index (χ2v) is 5.25. The molecule has 0 amide bonds. The first-order chi connectivity index (χ1) is 7.31. The molecule has 0 fully saturated rings. The molecule has 0 bridgehead atoms. The molecule has 0 aliphatic heterocycles. The monoisotopic (exact) mass is 220 g/mol. The highest BCUT2D eigenvalue weighted by Gasteiger charge is 2.26. The Kier molecular flexibility index (Phi) is 3.47. The maximum atomic E-state index is 11.6. The molecule has 2 rings (SSSR count). The SMILES string of the molecule is CCSCC(=O)CC1Cc2ccccc21. The number of ketones is 1. The van der Waals surface area contributed by atoms with Gasteiger partial charge in [-0.2, -0.15) is 11.8 Å². The molecule has 0 heterocycles. The lowest BCUT2D eigenvalue weighted by Gasteiger charge is -2.29. The summed E-state index contributed by atoms with van der Waals surface area (Å²) < 4.78 is 0. The van der Waals surface area contributed by atoms with E-state index in [1.807, 2.05) is 0 Å². The molecule has 1 aliphatic carbocycles. The molecule has 0 saturated heterocycles. The van der Waals surface area contributed by atoms with Crippen molar-refractivity contribution in [1.29, 1.82) is 0 Å². The minimum Gasteiger partial charge on any atom is -0.299 e. The first-order valence-corrected chi connectivity index (χ1v) is 6.64. The smallest absolute Gasteiger partial charge is 0.143 e.